The highest BCUT2D eigenvalue weighted by molar-refractivity contribution is 5.92. The van der Waals surface area contributed by atoms with Gasteiger partial charge in [0.1, 0.15) is 6.04 Å². The van der Waals surface area contributed by atoms with Crippen LogP contribution in [0.25, 0.3) is 5.57 Å². The van der Waals surface area contributed by atoms with Crippen LogP contribution in [0.3, 0.4) is 0 Å². The van der Waals surface area contributed by atoms with Crippen LogP contribution in [0.4, 0.5) is 0 Å². The van der Waals surface area contributed by atoms with Gasteiger partial charge in [0.05, 0.1) is 11.0 Å². The van der Waals surface area contributed by atoms with E-state index in [-0.39, 0.29) is 34.1 Å². The van der Waals surface area contributed by atoms with E-state index >= 15 is 0 Å². The number of carbonyl (C=O) groups is 4. The van der Waals surface area contributed by atoms with Crippen molar-refractivity contribution < 1.29 is 24.3 Å². The number of carboxylic acids is 1. The van der Waals surface area contributed by atoms with Gasteiger partial charge in [0, 0.05) is 43.4 Å². The fourth-order valence-electron chi connectivity index (χ4n) is 8.17. The van der Waals surface area contributed by atoms with Crippen molar-refractivity contribution in [2.24, 2.45) is 10.8 Å². The zero-order valence-electron chi connectivity index (χ0n) is 25.8. The molecule has 0 saturated carbocycles. The average Bonchev–Trinajstić information content (AvgIpc) is 3.46. The summed E-state index contributed by atoms with van der Waals surface area (Å²) in [4.78, 5) is 54.8. The molecule has 3 amide bonds. The molecule has 3 heterocycles. The highest BCUT2D eigenvalue weighted by atomic mass is 16.4. The Morgan fingerprint density at radius 2 is 1.59 bits per heavy atom. The number of piperidine rings is 1. The summed E-state index contributed by atoms with van der Waals surface area (Å²) < 4.78 is 0. The van der Waals surface area contributed by atoms with Gasteiger partial charge in [-0.3, -0.25) is 14.4 Å². The Morgan fingerprint density at radius 3 is 2.20 bits per heavy atom. The van der Waals surface area contributed by atoms with E-state index in [2.05, 4.69) is 38.2 Å². The summed E-state index contributed by atoms with van der Waals surface area (Å²) in [5, 5.41) is 12.1. The standard InChI is InChI=1S/C36H41N3O5/c1-34(2)27(24-9-11-25(12-10-24)32(42)43)15-17-35(3)23-39(20-16-29(34)35)33(44)36(26-7-5-4-6-8-26)18-21-38(22-19-36)31(41)28-13-14-30(40)37-28/h4-12,15-16,28H,13-14,17-23H2,1-3H3,(H,37,40)(H,42,43)/t28?,35-/m1/s1. The van der Waals surface area contributed by atoms with Crippen molar-refractivity contribution in [2.75, 3.05) is 26.2 Å². The minimum atomic E-state index is -0.936. The second-order valence-electron chi connectivity index (χ2n) is 13.6. The summed E-state index contributed by atoms with van der Waals surface area (Å²) in [7, 11) is 0. The molecule has 8 heteroatoms. The Bertz CT molecular complexity index is 1550. The predicted molar refractivity (Wildman–Crippen MR) is 168 cm³/mol. The lowest BCUT2D eigenvalue weighted by Crippen LogP contribution is -2.58. The van der Waals surface area contributed by atoms with Crippen molar-refractivity contribution in [3.63, 3.8) is 0 Å². The van der Waals surface area contributed by atoms with Crippen molar-refractivity contribution in [3.05, 3.63) is 89.0 Å². The molecule has 2 aromatic carbocycles. The average molecular weight is 596 g/mol. The number of hydrogen-bond donors (Lipinski definition) is 2. The normalized spacial score (nSPS) is 25.8. The maximum atomic E-state index is 14.7. The molecule has 1 unspecified atom stereocenters. The number of rotatable bonds is 5. The highest BCUT2D eigenvalue weighted by Gasteiger charge is 2.51. The summed E-state index contributed by atoms with van der Waals surface area (Å²) in [6.45, 7) is 8.74. The molecule has 0 radical (unpaired) electrons. The SMILES string of the molecule is CC1(C)C(c2ccc(C(=O)O)cc2)=CC[C@]2(C)CN(C(=O)C3(c4ccccc4)CCN(C(=O)C4CCC(=O)N4)CC3)CC=C12. The smallest absolute Gasteiger partial charge is 0.335 e. The molecule has 2 saturated heterocycles. The Kier molecular flexibility index (Phi) is 7.50. The van der Waals surface area contributed by atoms with Crippen molar-refractivity contribution in [1.82, 2.24) is 15.1 Å². The molecule has 0 spiro atoms. The van der Waals surface area contributed by atoms with Gasteiger partial charge < -0.3 is 20.2 Å². The van der Waals surface area contributed by atoms with Gasteiger partial charge >= 0.3 is 5.97 Å². The van der Waals surface area contributed by atoms with Gasteiger partial charge in [-0.05, 0) is 54.5 Å². The number of hydrogen-bond acceptors (Lipinski definition) is 4. The number of carbonyl (C=O) groups excluding carboxylic acids is 3. The van der Waals surface area contributed by atoms with Crippen molar-refractivity contribution in [1.29, 1.82) is 0 Å². The lowest BCUT2D eigenvalue weighted by atomic mass is 9.58. The first-order valence-electron chi connectivity index (χ1n) is 15.6. The van der Waals surface area contributed by atoms with Crippen LogP contribution >= 0.6 is 0 Å². The molecule has 2 aromatic rings. The molecular weight excluding hydrogens is 554 g/mol. The number of fused-ring (bicyclic) bond motifs is 1. The van der Waals surface area contributed by atoms with Crippen molar-refractivity contribution >= 4 is 29.3 Å². The predicted octanol–water partition coefficient (Wildman–Crippen LogP) is 4.81. The molecule has 6 rings (SSSR count). The third-order valence-corrected chi connectivity index (χ3v) is 10.5. The molecule has 0 aromatic heterocycles. The molecular formula is C36H41N3O5. The van der Waals surface area contributed by atoms with E-state index in [9.17, 15) is 24.3 Å². The maximum Gasteiger partial charge on any atom is 0.335 e. The molecule has 3 aliphatic heterocycles. The highest BCUT2D eigenvalue weighted by Crippen LogP contribution is 2.55. The van der Waals surface area contributed by atoms with E-state index in [1.54, 1.807) is 12.1 Å². The van der Waals surface area contributed by atoms with Crippen LogP contribution in [-0.2, 0) is 19.8 Å². The molecule has 0 bridgehead atoms. The van der Waals surface area contributed by atoms with E-state index in [0.29, 0.717) is 51.9 Å². The Labute approximate surface area is 258 Å². The molecule has 2 atom stereocenters. The molecule has 2 fully saturated rings. The van der Waals surface area contributed by atoms with Crippen LogP contribution in [0.1, 0.15) is 74.4 Å². The first-order chi connectivity index (χ1) is 20.9. The third-order valence-electron chi connectivity index (χ3n) is 10.5. The lowest BCUT2D eigenvalue weighted by molar-refractivity contribution is -0.144. The van der Waals surface area contributed by atoms with Crippen molar-refractivity contribution in [3.8, 4) is 0 Å². The number of likely N-dealkylation sites (tertiary alicyclic amines) is 1. The van der Waals surface area contributed by atoms with E-state index in [0.717, 1.165) is 17.5 Å². The van der Waals surface area contributed by atoms with E-state index in [1.807, 2.05) is 52.3 Å². The first kappa shape index (κ1) is 29.9. The zero-order chi connectivity index (χ0) is 31.3. The lowest BCUT2D eigenvalue weighted by Gasteiger charge is -2.52. The zero-order valence-corrected chi connectivity index (χ0v) is 25.8. The summed E-state index contributed by atoms with van der Waals surface area (Å²) in [5.41, 5.74) is 3.51. The Balaban J connectivity index is 1.24. The summed E-state index contributed by atoms with van der Waals surface area (Å²) >= 11 is 0. The van der Waals surface area contributed by atoms with Crippen LogP contribution in [0.5, 0.6) is 0 Å². The molecule has 1 aliphatic carbocycles. The fraction of sp³-hybridized carbons (Fsp3) is 0.444. The second kappa shape index (κ2) is 11.1. The van der Waals surface area contributed by atoms with Gasteiger partial charge in [-0.2, -0.15) is 0 Å². The van der Waals surface area contributed by atoms with Crippen LogP contribution in [0.15, 0.2) is 72.3 Å². The van der Waals surface area contributed by atoms with Gasteiger partial charge in [-0.15, -0.1) is 0 Å². The monoisotopic (exact) mass is 595 g/mol. The Hall–Kier alpha value is -4.20. The van der Waals surface area contributed by atoms with Crippen LogP contribution < -0.4 is 5.32 Å². The molecule has 44 heavy (non-hydrogen) atoms. The minimum absolute atomic E-state index is 0.0485. The number of carboxylic acid groups (broad SMARTS) is 1. The number of nitrogens with zero attached hydrogens (tertiary/aromatic N) is 2. The van der Waals surface area contributed by atoms with Gasteiger partial charge in [-0.1, -0.05) is 81.0 Å². The molecule has 2 N–H and O–H groups in total. The van der Waals surface area contributed by atoms with Gasteiger partial charge in [-0.25, -0.2) is 4.79 Å². The largest absolute Gasteiger partial charge is 0.478 e. The molecule has 8 nitrogen and oxygen atoms in total. The number of benzene rings is 2. The molecule has 230 valence electrons. The number of aromatic carboxylic acids is 1. The third kappa shape index (κ3) is 5.04. The van der Waals surface area contributed by atoms with Crippen molar-refractivity contribution in [2.45, 2.75) is 64.3 Å². The number of nitrogens with one attached hydrogen (secondary N) is 1. The Morgan fingerprint density at radius 1 is 0.909 bits per heavy atom. The summed E-state index contributed by atoms with van der Waals surface area (Å²) in [6, 6.07) is 16.6. The van der Waals surface area contributed by atoms with E-state index < -0.39 is 17.4 Å². The number of allylic oxidation sites excluding steroid dienone is 2. The van der Waals surface area contributed by atoms with Crippen LogP contribution in [-0.4, -0.2) is 70.8 Å². The number of amides is 3. The van der Waals surface area contributed by atoms with Crippen LogP contribution in [0, 0.1) is 10.8 Å². The van der Waals surface area contributed by atoms with E-state index in [4.69, 9.17) is 0 Å². The fourth-order valence-corrected chi connectivity index (χ4v) is 8.17. The molecule has 4 aliphatic rings. The van der Waals surface area contributed by atoms with Crippen LogP contribution in [0.2, 0.25) is 0 Å². The topological polar surface area (TPSA) is 107 Å². The summed E-state index contributed by atoms with van der Waals surface area (Å²) in [5.74, 6) is -0.955. The second-order valence-corrected chi connectivity index (χ2v) is 13.6. The quantitative estimate of drug-likeness (QED) is 0.483. The minimum Gasteiger partial charge on any atom is -0.478 e. The van der Waals surface area contributed by atoms with E-state index in [1.165, 1.54) is 11.1 Å². The first-order valence-corrected chi connectivity index (χ1v) is 15.6. The maximum absolute atomic E-state index is 14.7. The summed E-state index contributed by atoms with van der Waals surface area (Å²) in [6.07, 6.45) is 7.25. The van der Waals surface area contributed by atoms with Gasteiger partial charge in [0.25, 0.3) is 0 Å². The van der Waals surface area contributed by atoms with Gasteiger partial charge in [0.2, 0.25) is 17.7 Å². The van der Waals surface area contributed by atoms with Gasteiger partial charge in [0.15, 0.2) is 0 Å².